The summed E-state index contributed by atoms with van der Waals surface area (Å²) in [7, 11) is 0. The van der Waals surface area contributed by atoms with Gasteiger partial charge in [0.1, 0.15) is 0 Å². The van der Waals surface area contributed by atoms with E-state index >= 15 is 0 Å². The lowest BCUT2D eigenvalue weighted by molar-refractivity contribution is 0.191. The van der Waals surface area contributed by atoms with Crippen LogP contribution in [0.4, 0.5) is 0 Å². The first-order chi connectivity index (χ1) is 7.74. The molecule has 1 aliphatic heterocycles. The Labute approximate surface area is 103 Å². The first-order valence-electron chi connectivity index (χ1n) is 7.48. The molecule has 0 saturated carbocycles. The minimum atomic E-state index is 0.830. The van der Waals surface area contributed by atoms with E-state index in [0.29, 0.717) is 0 Å². The van der Waals surface area contributed by atoms with Gasteiger partial charge in [-0.15, -0.1) is 0 Å². The van der Waals surface area contributed by atoms with Crippen LogP contribution in [0.15, 0.2) is 0 Å². The normalized spacial score (nSPS) is 27.9. The van der Waals surface area contributed by atoms with Crippen molar-refractivity contribution in [2.45, 2.75) is 78.2 Å². The van der Waals surface area contributed by atoms with E-state index in [-0.39, 0.29) is 0 Å². The molecular weight excluding hydrogens is 194 g/mol. The van der Waals surface area contributed by atoms with Gasteiger partial charge in [-0.2, -0.15) is 0 Å². The van der Waals surface area contributed by atoms with Gasteiger partial charge in [-0.1, -0.05) is 46.0 Å². The third kappa shape index (κ3) is 5.34. The Hall–Kier alpha value is -0.0400. The van der Waals surface area contributed by atoms with Crippen molar-refractivity contribution in [2.75, 3.05) is 13.1 Å². The van der Waals surface area contributed by atoms with Crippen molar-refractivity contribution in [3.05, 3.63) is 0 Å². The zero-order valence-electron chi connectivity index (χ0n) is 11.7. The van der Waals surface area contributed by atoms with Crippen LogP contribution in [0.3, 0.4) is 0 Å². The lowest BCUT2D eigenvalue weighted by atomic mass is 10.1. The highest BCUT2D eigenvalue weighted by molar-refractivity contribution is 4.74. The standard InChI is InChI=1S/C15H31N/c1-4-5-6-7-8-12-16-13-14(2)10-9-11-15(16)3/h14-15H,4-13H2,1-3H3. The average Bonchev–Trinajstić information content (AvgIpc) is 2.41. The third-order valence-corrected chi connectivity index (χ3v) is 4.04. The van der Waals surface area contributed by atoms with Crippen LogP contribution in [0.1, 0.15) is 72.1 Å². The van der Waals surface area contributed by atoms with Crippen molar-refractivity contribution in [3.63, 3.8) is 0 Å². The maximum absolute atomic E-state index is 2.74. The molecule has 1 aliphatic rings. The molecule has 0 aromatic heterocycles. The summed E-state index contributed by atoms with van der Waals surface area (Å²) in [6.07, 6.45) is 11.4. The summed E-state index contributed by atoms with van der Waals surface area (Å²) in [4.78, 5) is 2.74. The van der Waals surface area contributed by atoms with E-state index in [1.54, 1.807) is 0 Å². The van der Waals surface area contributed by atoms with Crippen LogP contribution >= 0.6 is 0 Å². The molecule has 1 heteroatoms. The van der Waals surface area contributed by atoms with E-state index in [1.807, 2.05) is 0 Å². The van der Waals surface area contributed by atoms with Crippen LogP contribution in [-0.2, 0) is 0 Å². The van der Waals surface area contributed by atoms with Crippen LogP contribution in [0, 0.1) is 5.92 Å². The van der Waals surface area contributed by atoms with E-state index in [2.05, 4.69) is 25.7 Å². The van der Waals surface area contributed by atoms with Gasteiger partial charge in [0.2, 0.25) is 0 Å². The van der Waals surface area contributed by atoms with Crippen LogP contribution in [0.25, 0.3) is 0 Å². The number of hydrogen-bond donors (Lipinski definition) is 0. The molecule has 1 fully saturated rings. The second kappa shape index (κ2) is 8.11. The molecule has 0 aliphatic carbocycles. The number of unbranched alkanes of at least 4 members (excludes halogenated alkanes) is 4. The van der Waals surface area contributed by atoms with Gasteiger partial charge < -0.3 is 4.90 Å². The lowest BCUT2D eigenvalue weighted by Crippen LogP contribution is -2.35. The molecule has 0 aromatic rings. The van der Waals surface area contributed by atoms with E-state index in [4.69, 9.17) is 0 Å². The fraction of sp³-hybridized carbons (Fsp3) is 1.00. The molecule has 1 saturated heterocycles. The van der Waals surface area contributed by atoms with E-state index in [0.717, 1.165) is 12.0 Å². The monoisotopic (exact) mass is 225 g/mol. The van der Waals surface area contributed by atoms with Crippen molar-refractivity contribution in [3.8, 4) is 0 Å². The Bertz CT molecular complexity index is 167. The van der Waals surface area contributed by atoms with Gasteiger partial charge in [-0.05, 0) is 38.6 Å². The smallest absolute Gasteiger partial charge is 0.00670 e. The van der Waals surface area contributed by atoms with E-state index in [9.17, 15) is 0 Å². The van der Waals surface area contributed by atoms with Crippen molar-refractivity contribution >= 4 is 0 Å². The Morgan fingerprint density at radius 3 is 2.50 bits per heavy atom. The third-order valence-electron chi connectivity index (χ3n) is 4.04. The maximum atomic E-state index is 2.74. The maximum Gasteiger partial charge on any atom is 0.00670 e. The zero-order valence-corrected chi connectivity index (χ0v) is 11.7. The Morgan fingerprint density at radius 1 is 1.00 bits per heavy atom. The number of hydrogen-bond acceptors (Lipinski definition) is 1. The van der Waals surface area contributed by atoms with Gasteiger partial charge in [0, 0.05) is 12.6 Å². The van der Waals surface area contributed by atoms with E-state index in [1.165, 1.54) is 64.5 Å². The SMILES string of the molecule is CCCCCCCN1CC(C)CCCC1C. The molecular formula is C15H31N. The first kappa shape index (κ1) is 14.0. The number of nitrogens with zero attached hydrogens (tertiary/aromatic N) is 1. The summed E-state index contributed by atoms with van der Waals surface area (Å²) in [6.45, 7) is 9.81. The van der Waals surface area contributed by atoms with Crippen molar-refractivity contribution < 1.29 is 0 Å². The Balaban J connectivity index is 2.17. The summed E-state index contributed by atoms with van der Waals surface area (Å²) in [5.41, 5.74) is 0. The predicted octanol–water partition coefficient (Wildman–Crippen LogP) is 4.47. The molecule has 96 valence electrons. The van der Waals surface area contributed by atoms with Gasteiger partial charge in [-0.25, -0.2) is 0 Å². The van der Waals surface area contributed by atoms with Gasteiger partial charge >= 0.3 is 0 Å². The molecule has 2 unspecified atom stereocenters. The second-order valence-electron chi connectivity index (χ2n) is 5.79. The first-order valence-corrected chi connectivity index (χ1v) is 7.48. The summed E-state index contributed by atoms with van der Waals surface area (Å²) in [5, 5.41) is 0. The minimum absolute atomic E-state index is 0.830. The molecule has 1 nitrogen and oxygen atoms in total. The summed E-state index contributed by atoms with van der Waals surface area (Å²) in [5.74, 6) is 0.917. The molecule has 0 radical (unpaired) electrons. The molecule has 0 bridgehead atoms. The van der Waals surface area contributed by atoms with Gasteiger partial charge in [0.25, 0.3) is 0 Å². The van der Waals surface area contributed by atoms with Crippen molar-refractivity contribution in [1.82, 2.24) is 4.90 Å². The lowest BCUT2D eigenvalue weighted by Gasteiger charge is -2.28. The van der Waals surface area contributed by atoms with Crippen molar-refractivity contribution in [1.29, 1.82) is 0 Å². The average molecular weight is 225 g/mol. The Morgan fingerprint density at radius 2 is 1.75 bits per heavy atom. The minimum Gasteiger partial charge on any atom is -0.300 e. The van der Waals surface area contributed by atoms with Crippen LogP contribution in [0.2, 0.25) is 0 Å². The summed E-state index contributed by atoms with van der Waals surface area (Å²) >= 11 is 0. The fourth-order valence-electron chi connectivity index (χ4n) is 2.85. The molecule has 1 rings (SSSR count). The largest absolute Gasteiger partial charge is 0.300 e. The number of likely N-dealkylation sites (tertiary alicyclic amines) is 1. The molecule has 0 spiro atoms. The fourth-order valence-corrected chi connectivity index (χ4v) is 2.85. The molecule has 1 heterocycles. The van der Waals surface area contributed by atoms with Gasteiger partial charge in [0.05, 0.1) is 0 Å². The van der Waals surface area contributed by atoms with Crippen LogP contribution in [0.5, 0.6) is 0 Å². The molecule has 0 amide bonds. The molecule has 16 heavy (non-hydrogen) atoms. The van der Waals surface area contributed by atoms with Crippen LogP contribution in [-0.4, -0.2) is 24.0 Å². The summed E-state index contributed by atoms with van der Waals surface area (Å²) < 4.78 is 0. The molecule has 0 N–H and O–H groups in total. The Kier molecular flexibility index (Phi) is 7.11. The highest BCUT2D eigenvalue weighted by Crippen LogP contribution is 2.21. The van der Waals surface area contributed by atoms with E-state index < -0.39 is 0 Å². The van der Waals surface area contributed by atoms with Crippen molar-refractivity contribution in [2.24, 2.45) is 5.92 Å². The van der Waals surface area contributed by atoms with Crippen LogP contribution < -0.4 is 0 Å². The highest BCUT2D eigenvalue weighted by atomic mass is 15.1. The van der Waals surface area contributed by atoms with Gasteiger partial charge in [-0.3, -0.25) is 0 Å². The number of rotatable bonds is 6. The topological polar surface area (TPSA) is 3.24 Å². The zero-order chi connectivity index (χ0) is 11.8. The quantitative estimate of drug-likeness (QED) is 0.603. The summed E-state index contributed by atoms with van der Waals surface area (Å²) in [6, 6.07) is 0.830. The predicted molar refractivity (Wildman–Crippen MR) is 72.8 cm³/mol. The highest BCUT2D eigenvalue weighted by Gasteiger charge is 2.19. The molecule has 0 aromatic carbocycles. The molecule has 2 atom stereocenters. The second-order valence-corrected chi connectivity index (χ2v) is 5.79. The van der Waals surface area contributed by atoms with Gasteiger partial charge in [0.15, 0.2) is 0 Å².